The number of phenolic OH excluding ortho intramolecular Hbond substituents is 1. The molecule has 5 N–H and O–H groups in total. The van der Waals surface area contributed by atoms with Gasteiger partial charge in [0, 0.05) is 23.4 Å². The molecule has 0 aliphatic carbocycles. The fraction of sp³-hybridized carbons (Fsp3) is 0.233. The first-order chi connectivity index (χ1) is 18.9. The molecule has 2 aromatic heterocycles. The number of nitrogens with zero attached hydrogens (tertiary/aromatic N) is 3. The van der Waals surface area contributed by atoms with Crippen molar-refractivity contribution in [1.82, 2.24) is 25.1 Å². The topological polar surface area (TPSA) is 124 Å². The van der Waals surface area contributed by atoms with Gasteiger partial charge in [-0.1, -0.05) is 42.8 Å². The second-order valence-corrected chi connectivity index (χ2v) is 10.4. The van der Waals surface area contributed by atoms with E-state index in [1.807, 2.05) is 36.4 Å². The van der Waals surface area contributed by atoms with Crippen LogP contribution in [0.15, 0.2) is 60.7 Å². The van der Waals surface area contributed by atoms with Crippen LogP contribution in [0.4, 0.5) is 0 Å². The van der Waals surface area contributed by atoms with Crippen LogP contribution in [-0.4, -0.2) is 48.7 Å². The number of nitrogens with one attached hydrogen (secondary N) is 2. The van der Waals surface area contributed by atoms with E-state index in [2.05, 4.69) is 34.2 Å². The van der Waals surface area contributed by atoms with Gasteiger partial charge in [0.15, 0.2) is 5.82 Å². The molecule has 198 valence electrons. The van der Waals surface area contributed by atoms with Gasteiger partial charge in [-0.15, -0.1) is 0 Å². The summed E-state index contributed by atoms with van der Waals surface area (Å²) in [6, 6.07) is 18.4. The van der Waals surface area contributed by atoms with Gasteiger partial charge in [0.2, 0.25) is 5.91 Å². The number of aryl methyl sites for hydroxylation is 1. The van der Waals surface area contributed by atoms with Gasteiger partial charge in [0.25, 0.3) is 0 Å². The van der Waals surface area contributed by atoms with Crippen LogP contribution in [0.3, 0.4) is 0 Å². The summed E-state index contributed by atoms with van der Waals surface area (Å²) in [5.74, 6) is 0.858. The molecule has 0 saturated carbocycles. The average Bonchev–Trinajstić information content (AvgIpc) is 3.55. The lowest BCUT2D eigenvalue weighted by molar-refractivity contribution is -0.133. The number of rotatable bonds is 6. The Balaban J connectivity index is 1.21. The first kappa shape index (κ1) is 25.2. The Morgan fingerprint density at radius 3 is 2.87 bits per heavy atom. The van der Waals surface area contributed by atoms with Crippen LogP contribution in [0, 0.1) is 0 Å². The predicted molar refractivity (Wildman–Crippen MR) is 152 cm³/mol. The number of aromatic amines is 2. The third-order valence-corrected chi connectivity index (χ3v) is 7.61. The minimum atomic E-state index is -0.640. The molecule has 9 heteroatoms. The molecule has 0 fully saturated rings. The van der Waals surface area contributed by atoms with Crippen molar-refractivity contribution in [2.45, 2.75) is 38.8 Å². The van der Waals surface area contributed by atoms with Crippen LogP contribution in [0.5, 0.6) is 5.75 Å². The predicted octanol–water partition coefficient (Wildman–Crippen LogP) is 5.00. The minimum absolute atomic E-state index is 0.0878. The molecule has 39 heavy (non-hydrogen) atoms. The maximum atomic E-state index is 13.1. The number of carbonyl (C=O) groups is 1. The van der Waals surface area contributed by atoms with E-state index < -0.39 is 6.04 Å². The maximum absolute atomic E-state index is 13.1. The molecule has 3 heterocycles. The van der Waals surface area contributed by atoms with Crippen molar-refractivity contribution in [2.75, 3.05) is 6.54 Å². The Kier molecular flexibility index (Phi) is 6.58. The minimum Gasteiger partial charge on any atom is -0.508 e. The van der Waals surface area contributed by atoms with Gasteiger partial charge in [-0.25, -0.2) is 4.98 Å². The molecule has 0 spiro atoms. The molecular weight excluding hydrogens is 512 g/mol. The average molecular weight is 541 g/mol. The fourth-order valence-corrected chi connectivity index (χ4v) is 5.57. The van der Waals surface area contributed by atoms with Crippen LogP contribution in [0.1, 0.15) is 29.4 Å². The van der Waals surface area contributed by atoms with Crippen LogP contribution in [0.2, 0.25) is 5.02 Å². The van der Waals surface area contributed by atoms with Crippen LogP contribution in [-0.2, 0) is 30.6 Å². The van der Waals surface area contributed by atoms with E-state index in [-0.39, 0.29) is 11.7 Å². The first-order valence-electron chi connectivity index (χ1n) is 13.1. The first-order valence-corrected chi connectivity index (χ1v) is 13.4. The number of imidazole rings is 1. The van der Waals surface area contributed by atoms with E-state index in [4.69, 9.17) is 22.3 Å². The zero-order valence-corrected chi connectivity index (χ0v) is 22.3. The molecule has 1 aliphatic rings. The molecule has 8 nitrogen and oxygen atoms in total. The molecular formula is C30H29ClN6O2. The van der Waals surface area contributed by atoms with Crippen LogP contribution >= 0.6 is 11.6 Å². The molecule has 0 radical (unpaired) electrons. The van der Waals surface area contributed by atoms with Gasteiger partial charge >= 0.3 is 0 Å². The molecule has 0 bridgehead atoms. The van der Waals surface area contributed by atoms with Gasteiger partial charge in [0.05, 0.1) is 29.5 Å². The molecule has 5 aromatic rings. The van der Waals surface area contributed by atoms with Crippen molar-refractivity contribution in [1.29, 1.82) is 0 Å². The monoisotopic (exact) mass is 540 g/mol. The molecule has 1 aliphatic heterocycles. The van der Waals surface area contributed by atoms with E-state index in [0.29, 0.717) is 36.8 Å². The Morgan fingerprint density at radius 1 is 1.18 bits per heavy atom. The smallest absolute Gasteiger partial charge is 0.240 e. The van der Waals surface area contributed by atoms with Gasteiger partial charge in [-0.2, -0.15) is 5.10 Å². The van der Waals surface area contributed by atoms with Gasteiger partial charge in [-0.3, -0.25) is 9.89 Å². The summed E-state index contributed by atoms with van der Waals surface area (Å²) in [6.07, 6.45) is 1.90. The number of hydrogen-bond acceptors (Lipinski definition) is 5. The van der Waals surface area contributed by atoms with Crippen molar-refractivity contribution in [3.05, 3.63) is 88.2 Å². The number of benzene rings is 3. The van der Waals surface area contributed by atoms with E-state index in [9.17, 15) is 9.90 Å². The maximum Gasteiger partial charge on any atom is 0.240 e. The van der Waals surface area contributed by atoms with Crippen molar-refractivity contribution in [2.24, 2.45) is 5.73 Å². The number of halogens is 1. The van der Waals surface area contributed by atoms with Crippen molar-refractivity contribution in [3.63, 3.8) is 0 Å². The summed E-state index contributed by atoms with van der Waals surface area (Å²) in [5.41, 5.74) is 13.9. The molecule has 6 rings (SSSR count). The fourth-order valence-electron chi connectivity index (χ4n) is 5.36. The number of aromatic hydroxyl groups is 1. The Bertz CT molecular complexity index is 1690. The van der Waals surface area contributed by atoms with E-state index in [1.165, 1.54) is 0 Å². The lowest BCUT2D eigenvalue weighted by Crippen LogP contribution is -2.46. The van der Waals surface area contributed by atoms with E-state index in [1.54, 1.807) is 17.0 Å². The highest BCUT2D eigenvalue weighted by Gasteiger charge is 2.28. The summed E-state index contributed by atoms with van der Waals surface area (Å²) in [7, 11) is 0. The summed E-state index contributed by atoms with van der Waals surface area (Å²) < 4.78 is 0. The summed E-state index contributed by atoms with van der Waals surface area (Å²) in [6.45, 7) is 3.07. The Morgan fingerprint density at radius 2 is 2.05 bits per heavy atom. The number of nitrogens with two attached hydrogens (primary N) is 1. The van der Waals surface area contributed by atoms with Crippen molar-refractivity contribution >= 4 is 28.4 Å². The number of aromatic nitrogens is 4. The highest BCUT2D eigenvalue weighted by molar-refractivity contribution is 6.30. The summed E-state index contributed by atoms with van der Waals surface area (Å²) in [5, 5.41) is 19.2. The van der Waals surface area contributed by atoms with E-state index >= 15 is 0 Å². The second kappa shape index (κ2) is 10.2. The number of H-pyrrole nitrogens is 2. The normalized spacial score (nSPS) is 14.0. The highest BCUT2D eigenvalue weighted by Crippen LogP contribution is 2.33. The Labute approximate surface area is 230 Å². The summed E-state index contributed by atoms with van der Waals surface area (Å²) in [4.78, 5) is 23.1. The number of hydrogen-bond donors (Lipinski definition) is 4. The largest absolute Gasteiger partial charge is 0.508 e. The van der Waals surface area contributed by atoms with Gasteiger partial charge < -0.3 is 20.7 Å². The lowest BCUT2D eigenvalue weighted by atomic mass is 9.97. The zero-order valence-electron chi connectivity index (χ0n) is 21.5. The van der Waals surface area contributed by atoms with Crippen molar-refractivity contribution in [3.8, 4) is 28.4 Å². The lowest BCUT2D eigenvalue weighted by Gasteiger charge is -2.28. The molecule has 0 unspecified atom stereocenters. The van der Waals surface area contributed by atoms with E-state index in [0.717, 1.165) is 56.7 Å². The number of phenols is 1. The molecule has 3 aromatic carbocycles. The molecule has 1 atom stereocenters. The second-order valence-electron chi connectivity index (χ2n) is 9.99. The zero-order chi connectivity index (χ0) is 27.1. The van der Waals surface area contributed by atoms with Gasteiger partial charge in [-0.05, 0) is 71.5 Å². The Hall–Kier alpha value is -4.14. The highest BCUT2D eigenvalue weighted by atomic mass is 35.5. The molecule has 0 saturated heterocycles. The number of amides is 1. The number of carbonyl (C=O) groups excluding carboxylic acids is 1. The van der Waals surface area contributed by atoms with Crippen molar-refractivity contribution < 1.29 is 9.90 Å². The molecule has 1 amide bonds. The SMILES string of the molecule is CCc1cc(O)ccc1-c1ccc2c(-c3nc4c([nH]3)CN(C(=O)[C@@H](N)Cc3cccc(Cl)c3)CC4)n[nH]c2c1. The third-order valence-electron chi connectivity index (χ3n) is 7.37. The van der Waals surface area contributed by atoms with Crippen LogP contribution in [0.25, 0.3) is 33.5 Å². The third kappa shape index (κ3) is 4.89. The number of fused-ring (bicyclic) bond motifs is 2. The quantitative estimate of drug-likeness (QED) is 0.241. The standard InChI is InChI=1S/C30H29ClN6O2/c1-2-18-14-21(38)7-9-22(18)19-6-8-23-26(15-19)35-36-28(23)29-33-25-10-11-37(16-27(25)34-29)30(39)24(32)13-17-4-3-5-20(31)12-17/h3-9,12,14-15,24,38H,2,10-11,13,16,32H2,1H3,(H,33,34)(H,35,36)/t24-/m0/s1. The van der Waals surface area contributed by atoms with Gasteiger partial charge in [0.1, 0.15) is 11.4 Å². The summed E-state index contributed by atoms with van der Waals surface area (Å²) >= 11 is 6.08. The van der Waals surface area contributed by atoms with Crippen LogP contribution < -0.4 is 5.73 Å².